The van der Waals surface area contributed by atoms with Gasteiger partial charge in [-0.1, -0.05) is 17.7 Å². The zero-order valence-electron chi connectivity index (χ0n) is 12.6. The molecule has 0 N–H and O–H groups in total. The Kier molecular flexibility index (Phi) is 4.39. The van der Waals surface area contributed by atoms with Crippen LogP contribution in [0, 0.1) is 6.92 Å². The van der Waals surface area contributed by atoms with E-state index in [2.05, 4.69) is 0 Å². The first-order valence-corrected chi connectivity index (χ1v) is 7.72. The van der Waals surface area contributed by atoms with Crippen LogP contribution >= 0.6 is 11.6 Å². The molecular formula is C17H16ClNO4. The zero-order valence-corrected chi connectivity index (χ0v) is 13.4. The number of carbonyl (C=O) groups is 1. The van der Waals surface area contributed by atoms with Gasteiger partial charge in [0.2, 0.25) is 0 Å². The Hall–Kier alpha value is -2.27. The van der Waals surface area contributed by atoms with Gasteiger partial charge >= 0.3 is 5.63 Å². The lowest BCUT2D eigenvalue weighted by molar-refractivity contribution is 0.0772. The lowest BCUT2D eigenvalue weighted by atomic mass is 10.2. The molecule has 23 heavy (non-hydrogen) atoms. The second kappa shape index (κ2) is 6.46. The van der Waals surface area contributed by atoms with Crippen LogP contribution in [0.3, 0.4) is 0 Å². The highest BCUT2D eigenvalue weighted by atomic mass is 35.5. The predicted octanol–water partition coefficient (Wildman–Crippen LogP) is 2.90. The van der Waals surface area contributed by atoms with E-state index in [4.69, 9.17) is 20.8 Å². The van der Waals surface area contributed by atoms with E-state index in [0.717, 1.165) is 0 Å². The van der Waals surface area contributed by atoms with Crippen LogP contribution in [-0.4, -0.2) is 30.0 Å². The Morgan fingerprint density at radius 1 is 1.35 bits per heavy atom. The average Bonchev–Trinajstić information content (AvgIpc) is 2.94. The van der Waals surface area contributed by atoms with Crippen molar-refractivity contribution in [1.29, 1.82) is 0 Å². The summed E-state index contributed by atoms with van der Waals surface area (Å²) in [7, 11) is 0. The standard InChI is InChI=1S/C17H16ClNO4/c1-11-7-15(9-16(20)22-11)23-14-5-6-19(10-14)17(21)12-3-2-4-13(18)8-12/h2-4,7-9,14H,5-6,10H2,1H3. The Morgan fingerprint density at radius 2 is 2.17 bits per heavy atom. The molecule has 6 heteroatoms. The van der Waals surface area contributed by atoms with Gasteiger partial charge in [-0.2, -0.15) is 0 Å². The number of hydrogen-bond donors (Lipinski definition) is 0. The van der Waals surface area contributed by atoms with Crippen molar-refractivity contribution < 1.29 is 13.9 Å². The summed E-state index contributed by atoms with van der Waals surface area (Å²) >= 11 is 5.93. The SMILES string of the molecule is Cc1cc(OC2CCN(C(=O)c3cccc(Cl)c3)C2)cc(=O)o1. The van der Waals surface area contributed by atoms with Gasteiger partial charge in [0, 0.05) is 29.6 Å². The minimum absolute atomic E-state index is 0.0673. The van der Waals surface area contributed by atoms with Crippen molar-refractivity contribution in [2.45, 2.75) is 19.4 Å². The summed E-state index contributed by atoms with van der Waals surface area (Å²) < 4.78 is 10.7. The number of carbonyl (C=O) groups excluding carboxylic acids is 1. The number of aryl methyl sites for hydroxylation is 1. The molecular weight excluding hydrogens is 318 g/mol. The first-order chi connectivity index (χ1) is 11.0. The third-order valence-corrected chi connectivity index (χ3v) is 3.91. The molecule has 1 unspecified atom stereocenters. The van der Waals surface area contributed by atoms with Crippen molar-refractivity contribution in [2.75, 3.05) is 13.1 Å². The smallest absolute Gasteiger partial charge is 0.339 e. The molecule has 1 amide bonds. The largest absolute Gasteiger partial charge is 0.488 e. The Balaban J connectivity index is 1.66. The monoisotopic (exact) mass is 333 g/mol. The number of halogens is 1. The molecule has 0 saturated carbocycles. The van der Waals surface area contributed by atoms with Gasteiger partial charge < -0.3 is 14.1 Å². The number of likely N-dealkylation sites (tertiary alicyclic amines) is 1. The van der Waals surface area contributed by atoms with Crippen molar-refractivity contribution in [3.8, 4) is 5.75 Å². The molecule has 0 spiro atoms. The van der Waals surface area contributed by atoms with E-state index >= 15 is 0 Å². The second-order valence-corrected chi connectivity index (χ2v) is 5.95. The highest BCUT2D eigenvalue weighted by molar-refractivity contribution is 6.30. The maximum absolute atomic E-state index is 12.5. The van der Waals surface area contributed by atoms with E-state index in [1.54, 1.807) is 42.2 Å². The van der Waals surface area contributed by atoms with Gasteiger partial charge in [0.25, 0.3) is 5.91 Å². The third-order valence-electron chi connectivity index (χ3n) is 3.67. The number of nitrogens with zero attached hydrogens (tertiary/aromatic N) is 1. The van der Waals surface area contributed by atoms with Crippen LogP contribution < -0.4 is 10.4 Å². The van der Waals surface area contributed by atoms with Gasteiger partial charge in [-0.05, 0) is 25.1 Å². The topological polar surface area (TPSA) is 59.8 Å². The summed E-state index contributed by atoms with van der Waals surface area (Å²) in [4.78, 5) is 25.5. The molecule has 120 valence electrons. The molecule has 1 saturated heterocycles. The summed E-state index contributed by atoms with van der Waals surface area (Å²) in [6, 6.07) is 9.87. The van der Waals surface area contributed by atoms with E-state index in [1.807, 2.05) is 0 Å². The normalized spacial score (nSPS) is 17.3. The van der Waals surface area contributed by atoms with E-state index in [1.165, 1.54) is 6.07 Å². The van der Waals surface area contributed by atoms with Crippen LogP contribution in [0.25, 0.3) is 0 Å². The van der Waals surface area contributed by atoms with Crippen molar-refractivity contribution in [1.82, 2.24) is 4.90 Å². The predicted molar refractivity (Wildman–Crippen MR) is 86.1 cm³/mol. The molecule has 1 aromatic heterocycles. The third kappa shape index (κ3) is 3.74. The van der Waals surface area contributed by atoms with Crippen LogP contribution in [0.1, 0.15) is 22.5 Å². The lowest BCUT2D eigenvalue weighted by Gasteiger charge is -2.17. The summed E-state index contributed by atoms with van der Waals surface area (Å²) in [5.74, 6) is 0.903. The molecule has 1 atom stereocenters. The molecule has 2 heterocycles. The van der Waals surface area contributed by atoms with Crippen molar-refractivity contribution >= 4 is 17.5 Å². The molecule has 0 aliphatic carbocycles. The molecule has 1 fully saturated rings. The van der Waals surface area contributed by atoms with Gasteiger partial charge in [-0.15, -0.1) is 0 Å². The van der Waals surface area contributed by atoms with Gasteiger partial charge in [0.15, 0.2) is 0 Å². The van der Waals surface area contributed by atoms with E-state index < -0.39 is 5.63 Å². The summed E-state index contributed by atoms with van der Waals surface area (Å²) in [5, 5.41) is 0.536. The van der Waals surface area contributed by atoms with Crippen LogP contribution in [0.2, 0.25) is 5.02 Å². The van der Waals surface area contributed by atoms with E-state index in [-0.39, 0.29) is 12.0 Å². The fraction of sp³-hybridized carbons (Fsp3) is 0.294. The van der Waals surface area contributed by atoms with Crippen molar-refractivity contribution in [3.63, 3.8) is 0 Å². The van der Waals surface area contributed by atoms with Gasteiger partial charge in [-0.25, -0.2) is 4.79 Å². The minimum atomic E-state index is -0.440. The molecule has 1 aliphatic rings. The van der Waals surface area contributed by atoms with Crippen molar-refractivity contribution in [3.05, 3.63) is 63.2 Å². The van der Waals surface area contributed by atoms with E-state index in [0.29, 0.717) is 41.6 Å². The lowest BCUT2D eigenvalue weighted by Crippen LogP contribution is -2.31. The average molecular weight is 334 g/mol. The second-order valence-electron chi connectivity index (χ2n) is 5.51. The fourth-order valence-electron chi connectivity index (χ4n) is 2.65. The minimum Gasteiger partial charge on any atom is -0.488 e. The summed E-state index contributed by atoms with van der Waals surface area (Å²) in [6.07, 6.45) is 0.574. The highest BCUT2D eigenvalue weighted by Crippen LogP contribution is 2.20. The molecule has 5 nitrogen and oxygen atoms in total. The summed E-state index contributed by atoms with van der Waals surface area (Å²) in [5.41, 5.74) is 0.124. The van der Waals surface area contributed by atoms with Crippen LogP contribution in [0.5, 0.6) is 5.75 Å². The quantitative estimate of drug-likeness (QED) is 0.866. The van der Waals surface area contributed by atoms with Gasteiger partial charge in [0.05, 0.1) is 12.6 Å². The maximum Gasteiger partial charge on any atom is 0.339 e. The number of benzene rings is 1. The number of ether oxygens (including phenoxy) is 1. The molecule has 1 aliphatic heterocycles. The zero-order chi connectivity index (χ0) is 16.4. The molecule has 1 aromatic carbocycles. The van der Waals surface area contributed by atoms with Crippen LogP contribution in [0.15, 0.2) is 45.6 Å². The van der Waals surface area contributed by atoms with Crippen LogP contribution in [0.4, 0.5) is 0 Å². The van der Waals surface area contributed by atoms with Crippen molar-refractivity contribution in [2.24, 2.45) is 0 Å². The number of amides is 1. The molecule has 2 aromatic rings. The van der Waals surface area contributed by atoms with Gasteiger partial charge in [0.1, 0.15) is 17.6 Å². The first-order valence-electron chi connectivity index (χ1n) is 7.34. The number of rotatable bonds is 3. The summed E-state index contributed by atoms with van der Waals surface area (Å²) in [6.45, 7) is 2.78. The molecule has 0 bridgehead atoms. The Bertz CT molecular complexity index is 786. The Labute approximate surface area is 138 Å². The van der Waals surface area contributed by atoms with Crippen LogP contribution in [-0.2, 0) is 0 Å². The first kappa shape index (κ1) is 15.6. The fourth-order valence-corrected chi connectivity index (χ4v) is 2.84. The molecule has 0 radical (unpaired) electrons. The number of hydrogen-bond acceptors (Lipinski definition) is 4. The van der Waals surface area contributed by atoms with E-state index in [9.17, 15) is 9.59 Å². The highest BCUT2D eigenvalue weighted by Gasteiger charge is 2.28. The van der Waals surface area contributed by atoms with Gasteiger partial charge in [-0.3, -0.25) is 4.79 Å². The molecule has 3 rings (SSSR count). The maximum atomic E-state index is 12.5. The Morgan fingerprint density at radius 3 is 2.91 bits per heavy atom.